The highest BCUT2D eigenvalue weighted by atomic mass is 31.2. The first-order valence-electron chi connectivity index (χ1n) is 42.0. The van der Waals surface area contributed by atoms with Crippen molar-refractivity contribution in [1.82, 2.24) is 0 Å². The number of unbranched alkanes of at least 4 members (excludes halogenated alkanes) is 49. The monoisotopic (exact) mass is 1480 g/mol. The molecule has 0 aliphatic rings. The van der Waals surface area contributed by atoms with Crippen LogP contribution in [0.25, 0.3) is 0 Å². The average Bonchev–Trinajstić information content (AvgIpc) is 0.970. The molecule has 17 nitrogen and oxygen atoms in total. The number of carbonyl (C=O) groups is 4. The summed E-state index contributed by atoms with van der Waals surface area (Å²) in [6, 6.07) is 0. The van der Waals surface area contributed by atoms with Crippen LogP contribution in [0.3, 0.4) is 0 Å². The van der Waals surface area contributed by atoms with E-state index in [9.17, 15) is 43.2 Å². The van der Waals surface area contributed by atoms with Crippen LogP contribution in [-0.2, 0) is 65.4 Å². The maximum absolute atomic E-state index is 13.1. The van der Waals surface area contributed by atoms with Crippen molar-refractivity contribution in [2.45, 2.75) is 432 Å². The van der Waals surface area contributed by atoms with E-state index in [1.807, 2.05) is 0 Å². The number of ether oxygens (including phenoxy) is 4. The first-order chi connectivity index (χ1) is 49.0. The number of phosphoric ester groups is 2. The van der Waals surface area contributed by atoms with Gasteiger partial charge in [-0.3, -0.25) is 37.3 Å². The molecule has 0 radical (unpaired) electrons. The molecule has 0 amide bonds. The van der Waals surface area contributed by atoms with Crippen molar-refractivity contribution in [1.29, 1.82) is 0 Å². The van der Waals surface area contributed by atoms with Gasteiger partial charge in [-0.15, -0.1) is 0 Å². The van der Waals surface area contributed by atoms with E-state index in [2.05, 4.69) is 58.9 Å². The number of phosphoric acid groups is 2. The second-order valence-electron chi connectivity index (χ2n) is 29.3. The fraction of sp³-hybridized carbons (Fsp3) is 0.902. The van der Waals surface area contributed by atoms with E-state index in [-0.39, 0.29) is 25.7 Å². The number of hydrogen-bond donors (Lipinski definition) is 3. The van der Waals surface area contributed by atoms with E-state index in [1.165, 1.54) is 218 Å². The molecular weight excluding hydrogens is 1320 g/mol. The zero-order valence-corrected chi connectivity index (χ0v) is 67.3. The minimum atomic E-state index is -4.97. The second-order valence-corrected chi connectivity index (χ2v) is 32.2. The third-order valence-electron chi connectivity index (χ3n) is 18.7. The molecule has 0 spiro atoms. The third kappa shape index (κ3) is 75.6. The molecule has 0 saturated carbocycles. The predicted octanol–water partition coefficient (Wildman–Crippen LogP) is 24.4. The molecule has 0 aromatic heterocycles. The summed E-state index contributed by atoms with van der Waals surface area (Å²) < 4.78 is 68.7. The van der Waals surface area contributed by atoms with Gasteiger partial charge in [-0.25, -0.2) is 9.13 Å². The van der Waals surface area contributed by atoms with Gasteiger partial charge in [0, 0.05) is 25.7 Å². The Labute approximate surface area is 618 Å². The summed E-state index contributed by atoms with van der Waals surface area (Å²) in [4.78, 5) is 73.0. The quantitative estimate of drug-likeness (QED) is 0.0169. The molecule has 19 heteroatoms. The summed E-state index contributed by atoms with van der Waals surface area (Å²) in [5.41, 5.74) is 0. The summed E-state index contributed by atoms with van der Waals surface area (Å²) >= 11 is 0. The van der Waals surface area contributed by atoms with Crippen molar-refractivity contribution >= 4 is 39.5 Å². The molecule has 0 aliphatic carbocycles. The highest BCUT2D eigenvalue weighted by molar-refractivity contribution is 7.47. The standard InChI is InChI=1S/C82H156O17P2/c1-6-9-12-15-18-21-24-27-29-30-31-32-33-34-36-39-42-47-53-58-63-68-82(87)98-77(71-92-79(84)65-60-55-50-45-40-38-35-28-25-22-19-16-13-10-7-2)73-96-100(88,89)94-69-76(83)70-95-101(90,91)97-74-78(72-93-80(85)66-61-56-51-48-43-44-49-54-59-64-75(4)5)99-81(86)67-62-57-52-46-41-37-26-23-20-17-14-11-8-3/h22,25,28,35,75-78,83H,6-21,23-24,26-27,29-34,36-74H2,1-5H3,(H,88,89)(H,90,91)/b25-22-,35-28-/t76-,77-,78-/m1/s1. The van der Waals surface area contributed by atoms with E-state index >= 15 is 0 Å². The van der Waals surface area contributed by atoms with E-state index in [0.717, 1.165) is 115 Å². The molecular formula is C82H156O17P2. The Hall–Kier alpha value is -2.46. The van der Waals surface area contributed by atoms with Crippen LogP contribution in [0, 0.1) is 5.92 Å². The minimum absolute atomic E-state index is 0.102. The molecule has 0 saturated heterocycles. The molecule has 5 atom stereocenters. The van der Waals surface area contributed by atoms with Gasteiger partial charge in [-0.2, -0.15) is 0 Å². The van der Waals surface area contributed by atoms with Gasteiger partial charge in [0.05, 0.1) is 26.4 Å². The largest absolute Gasteiger partial charge is 0.472 e. The first kappa shape index (κ1) is 98.5. The normalized spacial score (nSPS) is 14.0. The Morgan fingerprint density at radius 2 is 0.535 bits per heavy atom. The highest BCUT2D eigenvalue weighted by Crippen LogP contribution is 2.45. The van der Waals surface area contributed by atoms with Crippen molar-refractivity contribution in [2.24, 2.45) is 5.92 Å². The van der Waals surface area contributed by atoms with Gasteiger partial charge in [-0.1, -0.05) is 361 Å². The molecule has 0 heterocycles. The molecule has 0 rings (SSSR count). The summed E-state index contributed by atoms with van der Waals surface area (Å²) in [5, 5.41) is 10.6. The maximum atomic E-state index is 13.1. The van der Waals surface area contributed by atoms with Gasteiger partial charge in [0.15, 0.2) is 12.2 Å². The Bertz CT molecular complexity index is 2020. The number of hydrogen-bond acceptors (Lipinski definition) is 15. The van der Waals surface area contributed by atoms with Gasteiger partial charge >= 0.3 is 39.5 Å². The van der Waals surface area contributed by atoms with Crippen molar-refractivity contribution in [2.75, 3.05) is 39.6 Å². The van der Waals surface area contributed by atoms with Gasteiger partial charge < -0.3 is 33.8 Å². The SMILES string of the molecule is CCCCCC/C=C\C=C/CCCCCCCC(=O)OC[C@H](COP(=O)(O)OC[C@@H](O)COP(=O)(O)OC[C@@H](COC(=O)CCCCCCCCCCCC(C)C)OC(=O)CCCCCCCCCCCCCCC)OC(=O)CCCCCCCCCCCCCCCCCCCCCCC. The smallest absolute Gasteiger partial charge is 0.462 e. The summed E-state index contributed by atoms with van der Waals surface area (Å²) in [6.07, 6.45) is 68.8. The molecule has 0 aliphatic heterocycles. The van der Waals surface area contributed by atoms with E-state index in [1.54, 1.807) is 0 Å². The van der Waals surface area contributed by atoms with Gasteiger partial charge in [0.1, 0.15) is 19.3 Å². The molecule has 0 aromatic carbocycles. The number of rotatable bonds is 80. The molecule has 3 N–H and O–H groups in total. The topological polar surface area (TPSA) is 237 Å². The zero-order chi connectivity index (χ0) is 74.1. The fourth-order valence-electron chi connectivity index (χ4n) is 12.2. The fourth-order valence-corrected chi connectivity index (χ4v) is 13.8. The number of esters is 4. The first-order valence-corrected chi connectivity index (χ1v) is 44.9. The van der Waals surface area contributed by atoms with Gasteiger partial charge in [0.2, 0.25) is 0 Å². The van der Waals surface area contributed by atoms with Crippen LogP contribution in [0.5, 0.6) is 0 Å². The van der Waals surface area contributed by atoms with Crippen molar-refractivity contribution in [3.05, 3.63) is 24.3 Å². The zero-order valence-electron chi connectivity index (χ0n) is 65.5. The number of aliphatic hydroxyl groups is 1. The second kappa shape index (κ2) is 74.4. The van der Waals surface area contributed by atoms with Crippen LogP contribution in [0.15, 0.2) is 24.3 Å². The molecule has 0 aromatic rings. The van der Waals surface area contributed by atoms with Crippen LogP contribution in [-0.4, -0.2) is 96.7 Å². The number of allylic oxidation sites excluding steroid dienone is 4. The molecule has 596 valence electrons. The van der Waals surface area contributed by atoms with E-state index in [4.69, 9.17) is 37.0 Å². The van der Waals surface area contributed by atoms with Crippen LogP contribution in [0.1, 0.15) is 413 Å². The van der Waals surface area contributed by atoms with Gasteiger partial charge in [-0.05, 0) is 57.3 Å². The lowest BCUT2D eigenvalue weighted by molar-refractivity contribution is -0.161. The van der Waals surface area contributed by atoms with Crippen LogP contribution in [0.2, 0.25) is 0 Å². The third-order valence-corrected chi connectivity index (χ3v) is 20.6. The minimum Gasteiger partial charge on any atom is -0.462 e. The number of aliphatic hydroxyl groups excluding tert-OH is 1. The van der Waals surface area contributed by atoms with E-state index in [0.29, 0.717) is 25.7 Å². The van der Waals surface area contributed by atoms with E-state index < -0.39 is 97.5 Å². The van der Waals surface area contributed by atoms with Crippen molar-refractivity contribution in [3.8, 4) is 0 Å². The van der Waals surface area contributed by atoms with Crippen molar-refractivity contribution < 1.29 is 80.2 Å². The lowest BCUT2D eigenvalue weighted by Crippen LogP contribution is -2.30. The summed E-state index contributed by atoms with van der Waals surface area (Å²) in [7, 11) is -9.93. The molecule has 101 heavy (non-hydrogen) atoms. The average molecular weight is 1480 g/mol. The maximum Gasteiger partial charge on any atom is 0.472 e. The lowest BCUT2D eigenvalue weighted by atomic mass is 10.0. The highest BCUT2D eigenvalue weighted by Gasteiger charge is 2.30. The van der Waals surface area contributed by atoms with Crippen LogP contribution in [0.4, 0.5) is 0 Å². The number of carbonyl (C=O) groups excluding carboxylic acids is 4. The van der Waals surface area contributed by atoms with Gasteiger partial charge in [0.25, 0.3) is 0 Å². The van der Waals surface area contributed by atoms with Crippen LogP contribution < -0.4 is 0 Å². The molecule has 0 fully saturated rings. The summed E-state index contributed by atoms with van der Waals surface area (Å²) in [5.74, 6) is -1.39. The Morgan fingerprint density at radius 1 is 0.307 bits per heavy atom. The Balaban J connectivity index is 5.26. The van der Waals surface area contributed by atoms with Crippen molar-refractivity contribution in [3.63, 3.8) is 0 Å². The molecule has 2 unspecified atom stereocenters. The predicted molar refractivity (Wildman–Crippen MR) is 414 cm³/mol. The molecule has 0 bridgehead atoms. The summed E-state index contributed by atoms with van der Waals surface area (Å²) in [6.45, 7) is 7.25. The van der Waals surface area contributed by atoms with Crippen LogP contribution >= 0.6 is 15.6 Å². The lowest BCUT2D eigenvalue weighted by Gasteiger charge is -2.21. The Morgan fingerprint density at radius 3 is 0.812 bits per heavy atom. The Kier molecular flexibility index (Phi) is 72.6.